The predicted octanol–water partition coefficient (Wildman–Crippen LogP) is 6.53. The van der Waals surface area contributed by atoms with Gasteiger partial charge >= 0.3 is 0 Å². The van der Waals surface area contributed by atoms with Gasteiger partial charge in [-0.05, 0) is 52.3 Å². The Labute approximate surface area is 193 Å². The number of benzene rings is 2. The number of nitrogens with one attached hydrogen (secondary N) is 1. The standard InChI is InChI=1S/C22H15Br2F2N3O2/c1-30-18-9-15(31-11-13-2-4-14(23)8-17(13)25)5-6-16(18)20-21(24)29-22(28-20)12-3-7-19(26)27-10-12/h2-10H,11H2,1H3,(H,28,29). The van der Waals surface area contributed by atoms with Crippen molar-refractivity contribution in [2.24, 2.45) is 0 Å². The lowest BCUT2D eigenvalue weighted by Crippen LogP contribution is -1.99. The van der Waals surface area contributed by atoms with Crippen LogP contribution in [0.25, 0.3) is 22.6 Å². The SMILES string of the molecule is COc1cc(OCc2ccc(Br)cc2F)ccc1-c1[nH]c(-c2ccc(F)nc2)nc1Br. The maximum absolute atomic E-state index is 14.0. The Bertz CT molecular complexity index is 1230. The summed E-state index contributed by atoms with van der Waals surface area (Å²) in [6, 6.07) is 13.0. The van der Waals surface area contributed by atoms with Crippen molar-refractivity contribution in [1.82, 2.24) is 15.0 Å². The fourth-order valence-electron chi connectivity index (χ4n) is 2.95. The molecule has 0 amide bonds. The zero-order valence-corrected chi connectivity index (χ0v) is 19.3. The third-order valence-electron chi connectivity index (χ3n) is 4.51. The fraction of sp³-hybridized carbons (Fsp3) is 0.0909. The van der Waals surface area contributed by atoms with E-state index in [4.69, 9.17) is 9.47 Å². The maximum atomic E-state index is 14.0. The smallest absolute Gasteiger partial charge is 0.212 e. The van der Waals surface area contributed by atoms with E-state index in [1.54, 1.807) is 37.4 Å². The number of aromatic amines is 1. The van der Waals surface area contributed by atoms with Crippen LogP contribution in [-0.2, 0) is 6.61 Å². The molecule has 158 valence electrons. The summed E-state index contributed by atoms with van der Waals surface area (Å²) in [5, 5.41) is 0. The third-order valence-corrected chi connectivity index (χ3v) is 5.58. The molecule has 31 heavy (non-hydrogen) atoms. The van der Waals surface area contributed by atoms with E-state index in [0.717, 1.165) is 5.56 Å². The van der Waals surface area contributed by atoms with Crippen LogP contribution in [0, 0.1) is 11.8 Å². The molecular formula is C22H15Br2F2N3O2. The molecule has 0 atom stereocenters. The number of hydrogen-bond donors (Lipinski definition) is 1. The molecule has 0 aliphatic heterocycles. The van der Waals surface area contributed by atoms with Crippen LogP contribution in [0.4, 0.5) is 8.78 Å². The number of imidazole rings is 1. The molecule has 4 rings (SSSR count). The Hall–Kier alpha value is -2.78. The summed E-state index contributed by atoms with van der Waals surface area (Å²) in [6.45, 7) is 0.0804. The Balaban J connectivity index is 1.59. The first-order valence-corrected chi connectivity index (χ1v) is 10.7. The van der Waals surface area contributed by atoms with E-state index >= 15 is 0 Å². The molecule has 0 spiro atoms. The average Bonchev–Trinajstić information content (AvgIpc) is 3.14. The molecule has 4 aromatic rings. The molecule has 2 aromatic heterocycles. The summed E-state index contributed by atoms with van der Waals surface area (Å²) in [5.41, 5.74) is 2.51. The van der Waals surface area contributed by atoms with E-state index in [1.165, 1.54) is 18.3 Å². The van der Waals surface area contributed by atoms with Crippen molar-refractivity contribution in [2.45, 2.75) is 6.61 Å². The minimum atomic E-state index is -0.560. The van der Waals surface area contributed by atoms with Gasteiger partial charge in [0.05, 0.1) is 12.8 Å². The zero-order valence-electron chi connectivity index (χ0n) is 16.1. The van der Waals surface area contributed by atoms with Crippen LogP contribution in [0.3, 0.4) is 0 Å². The van der Waals surface area contributed by atoms with Crippen LogP contribution in [-0.4, -0.2) is 22.1 Å². The van der Waals surface area contributed by atoms with Crippen molar-refractivity contribution in [3.63, 3.8) is 0 Å². The highest BCUT2D eigenvalue weighted by atomic mass is 79.9. The van der Waals surface area contributed by atoms with Crippen molar-refractivity contribution >= 4 is 31.9 Å². The second-order valence-electron chi connectivity index (χ2n) is 6.51. The van der Waals surface area contributed by atoms with Gasteiger partial charge in [-0.2, -0.15) is 4.39 Å². The molecular weight excluding hydrogens is 536 g/mol. The molecule has 9 heteroatoms. The van der Waals surface area contributed by atoms with Crippen molar-refractivity contribution in [1.29, 1.82) is 0 Å². The molecule has 0 saturated heterocycles. The summed E-state index contributed by atoms with van der Waals surface area (Å²) in [6.07, 6.45) is 1.40. The first kappa shape index (κ1) is 21.5. The number of nitrogens with zero attached hydrogens (tertiary/aromatic N) is 2. The molecule has 0 radical (unpaired) electrons. The van der Waals surface area contributed by atoms with Gasteiger partial charge in [0, 0.05) is 33.4 Å². The maximum Gasteiger partial charge on any atom is 0.212 e. The molecule has 0 saturated carbocycles. The van der Waals surface area contributed by atoms with Gasteiger partial charge in [0.2, 0.25) is 5.95 Å². The Morgan fingerprint density at radius 2 is 1.87 bits per heavy atom. The lowest BCUT2D eigenvalue weighted by atomic mass is 10.1. The van der Waals surface area contributed by atoms with Crippen molar-refractivity contribution < 1.29 is 18.3 Å². The number of halogens is 4. The number of hydrogen-bond acceptors (Lipinski definition) is 4. The highest BCUT2D eigenvalue weighted by Crippen LogP contribution is 2.37. The van der Waals surface area contributed by atoms with Gasteiger partial charge < -0.3 is 14.5 Å². The molecule has 0 bridgehead atoms. The predicted molar refractivity (Wildman–Crippen MR) is 120 cm³/mol. The normalized spacial score (nSPS) is 10.9. The van der Waals surface area contributed by atoms with Crippen LogP contribution in [0.2, 0.25) is 0 Å². The van der Waals surface area contributed by atoms with Gasteiger partial charge in [-0.3, -0.25) is 0 Å². The minimum absolute atomic E-state index is 0.0804. The largest absolute Gasteiger partial charge is 0.496 e. The van der Waals surface area contributed by atoms with Crippen molar-refractivity contribution in [3.8, 4) is 34.1 Å². The molecule has 0 fully saturated rings. The van der Waals surface area contributed by atoms with E-state index in [2.05, 4.69) is 46.8 Å². The highest BCUT2D eigenvalue weighted by Gasteiger charge is 2.16. The van der Waals surface area contributed by atoms with Gasteiger partial charge in [-0.1, -0.05) is 22.0 Å². The van der Waals surface area contributed by atoms with E-state index in [1.807, 2.05) is 6.07 Å². The van der Waals surface area contributed by atoms with Gasteiger partial charge in [0.1, 0.15) is 34.4 Å². The number of pyridine rings is 1. The lowest BCUT2D eigenvalue weighted by molar-refractivity contribution is 0.297. The summed E-state index contributed by atoms with van der Waals surface area (Å²) in [7, 11) is 1.55. The Morgan fingerprint density at radius 3 is 2.58 bits per heavy atom. The minimum Gasteiger partial charge on any atom is -0.496 e. The van der Waals surface area contributed by atoms with E-state index in [-0.39, 0.29) is 12.4 Å². The van der Waals surface area contributed by atoms with Gasteiger partial charge in [-0.25, -0.2) is 14.4 Å². The van der Waals surface area contributed by atoms with Crippen LogP contribution in [0.1, 0.15) is 5.56 Å². The molecule has 2 aromatic carbocycles. The first-order chi connectivity index (χ1) is 14.9. The van der Waals surface area contributed by atoms with Crippen LogP contribution >= 0.6 is 31.9 Å². The number of ether oxygens (including phenoxy) is 2. The van der Waals surface area contributed by atoms with Crippen LogP contribution < -0.4 is 9.47 Å². The highest BCUT2D eigenvalue weighted by molar-refractivity contribution is 9.10. The molecule has 5 nitrogen and oxygen atoms in total. The third kappa shape index (κ3) is 4.77. The molecule has 0 aliphatic carbocycles. The second kappa shape index (κ2) is 9.15. The monoisotopic (exact) mass is 549 g/mol. The van der Waals surface area contributed by atoms with Crippen LogP contribution in [0.5, 0.6) is 11.5 Å². The molecule has 2 heterocycles. The quantitative estimate of drug-likeness (QED) is 0.277. The fourth-order valence-corrected chi connectivity index (χ4v) is 3.77. The van der Waals surface area contributed by atoms with E-state index < -0.39 is 5.95 Å². The molecule has 0 unspecified atom stereocenters. The van der Waals surface area contributed by atoms with E-state index in [9.17, 15) is 8.78 Å². The number of H-pyrrole nitrogens is 1. The van der Waals surface area contributed by atoms with E-state index in [0.29, 0.717) is 43.2 Å². The topological polar surface area (TPSA) is 60.0 Å². The van der Waals surface area contributed by atoms with Gasteiger partial charge in [0.25, 0.3) is 0 Å². The van der Waals surface area contributed by atoms with Crippen molar-refractivity contribution in [2.75, 3.05) is 7.11 Å². The second-order valence-corrected chi connectivity index (χ2v) is 8.17. The van der Waals surface area contributed by atoms with Crippen molar-refractivity contribution in [3.05, 3.63) is 81.1 Å². The summed E-state index contributed by atoms with van der Waals surface area (Å²) in [5.74, 6) is 0.697. The molecule has 1 N–H and O–H groups in total. The summed E-state index contributed by atoms with van der Waals surface area (Å²) in [4.78, 5) is 11.3. The average molecular weight is 551 g/mol. The number of methoxy groups -OCH3 is 1. The Morgan fingerprint density at radius 1 is 1.03 bits per heavy atom. The number of aromatic nitrogens is 3. The van der Waals surface area contributed by atoms with Gasteiger partial charge in [0.15, 0.2) is 0 Å². The lowest BCUT2D eigenvalue weighted by Gasteiger charge is -2.12. The Kier molecular flexibility index (Phi) is 6.33. The first-order valence-electron chi connectivity index (χ1n) is 9.07. The van der Waals surface area contributed by atoms with Gasteiger partial charge in [-0.15, -0.1) is 0 Å². The number of rotatable bonds is 6. The van der Waals surface area contributed by atoms with Crippen LogP contribution in [0.15, 0.2) is 63.8 Å². The summed E-state index contributed by atoms with van der Waals surface area (Å²) < 4.78 is 39.6. The zero-order chi connectivity index (χ0) is 22.0. The summed E-state index contributed by atoms with van der Waals surface area (Å²) >= 11 is 6.69. The molecule has 0 aliphatic rings.